The molecule has 1 aromatic rings. The lowest BCUT2D eigenvalue weighted by atomic mass is 10.1. The van der Waals surface area contributed by atoms with Crippen molar-refractivity contribution in [3.05, 3.63) is 46.9 Å². The average Bonchev–Trinajstić information content (AvgIpc) is 3.57. The molecule has 0 fully saturated rings. The van der Waals surface area contributed by atoms with Crippen molar-refractivity contribution in [3.8, 4) is 0 Å². The molecule has 0 bridgehead atoms. The van der Waals surface area contributed by atoms with Crippen LogP contribution in [0.15, 0.2) is 60.2 Å². The predicted molar refractivity (Wildman–Crippen MR) is 151 cm³/mol. The molecular formula is C26H45N7O3. The number of aliphatic imine (C=N–C) groups is 3. The van der Waals surface area contributed by atoms with Crippen LogP contribution >= 0.6 is 0 Å². The van der Waals surface area contributed by atoms with Crippen molar-refractivity contribution in [2.75, 3.05) is 6.54 Å². The van der Waals surface area contributed by atoms with Crippen LogP contribution < -0.4 is 16.5 Å². The fourth-order valence-corrected chi connectivity index (χ4v) is 2.52. The number of H-pyrrole nitrogens is 1. The SMILES string of the molecule is C.C=C1CC(C(C)C)=NN1.C=C1N=C(C(C)C)NO1.CC(C)C1=NC=NC1.CC(C)c1cc(=O)[nH]o1. The minimum atomic E-state index is -0.168. The Labute approximate surface area is 215 Å². The Morgan fingerprint density at radius 2 is 1.58 bits per heavy atom. The molecule has 3 N–H and O–H groups in total. The number of hydroxylamine groups is 1. The molecular weight excluding hydrogens is 458 g/mol. The van der Waals surface area contributed by atoms with Gasteiger partial charge >= 0.3 is 0 Å². The van der Waals surface area contributed by atoms with Crippen LogP contribution in [0, 0.1) is 17.8 Å². The van der Waals surface area contributed by atoms with E-state index in [2.05, 4.69) is 77.0 Å². The molecule has 0 atom stereocenters. The van der Waals surface area contributed by atoms with Crippen LogP contribution in [-0.2, 0) is 4.84 Å². The largest absolute Gasteiger partial charge is 0.383 e. The van der Waals surface area contributed by atoms with E-state index in [9.17, 15) is 4.79 Å². The van der Waals surface area contributed by atoms with Crippen LogP contribution in [0.2, 0.25) is 0 Å². The second kappa shape index (κ2) is 16.3. The standard InChI is InChI=1S/C7H12N2.C6H10N2O.C6H10N2.C6H9NO2.CH4/c1-5(2)7-4-6(3)8-9-7;1-4(2)6-7-5(3)9-8-6;1-5(2)6-3-7-4-8-6;1-4(2)5-3-6(8)7-9-5;/h5,8H,3-4H2,1-2H3;4H,3H2,1-2H3,(H,7,8);4-5H,3H2,1-2H3;3-4H,1-2H3,(H,7,8);1H4. The summed E-state index contributed by atoms with van der Waals surface area (Å²) in [5, 5.41) is 6.30. The van der Waals surface area contributed by atoms with Crippen molar-refractivity contribution in [3.63, 3.8) is 0 Å². The molecule has 0 aliphatic carbocycles. The van der Waals surface area contributed by atoms with Gasteiger partial charge in [0.05, 0.1) is 6.54 Å². The van der Waals surface area contributed by atoms with E-state index in [1.807, 2.05) is 27.7 Å². The molecule has 0 radical (unpaired) electrons. The van der Waals surface area contributed by atoms with Crippen LogP contribution in [0.25, 0.3) is 0 Å². The average molecular weight is 504 g/mol. The fourth-order valence-electron chi connectivity index (χ4n) is 2.52. The second-order valence-electron chi connectivity index (χ2n) is 9.40. The molecule has 0 amide bonds. The maximum atomic E-state index is 10.4. The summed E-state index contributed by atoms with van der Waals surface area (Å²) in [6, 6.07) is 1.46. The van der Waals surface area contributed by atoms with E-state index in [4.69, 9.17) is 9.36 Å². The lowest BCUT2D eigenvalue weighted by Crippen LogP contribution is -2.21. The Morgan fingerprint density at radius 1 is 0.944 bits per heavy atom. The zero-order chi connectivity index (χ0) is 26.5. The Kier molecular flexibility index (Phi) is 14.7. The number of aromatic amines is 1. The molecule has 0 spiro atoms. The van der Waals surface area contributed by atoms with E-state index in [0.717, 1.165) is 24.5 Å². The number of aromatic nitrogens is 1. The first kappa shape index (κ1) is 32.6. The number of amidine groups is 1. The first-order valence-electron chi connectivity index (χ1n) is 11.8. The molecule has 0 aromatic carbocycles. The van der Waals surface area contributed by atoms with Gasteiger partial charge in [0.15, 0.2) is 0 Å². The van der Waals surface area contributed by atoms with Crippen molar-refractivity contribution in [2.45, 2.75) is 75.2 Å². The molecule has 202 valence electrons. The number of nitrogens with one attached hydrogen (secondary N) is 3. The maximum Gasteiger partial charge on any atom is 0.280 e. The molecule has 0 saturated heterocycles. The van der Waals surface area contributed by atoms with Crippen molar-refractivity contribution in [1.82, 2.24) is 16.1 Å². The summed E-state index contributed by atoms with van der Waals surface area (Å²) < 4.78 is 4.79. The Morgan fingerprint density at radius 3 is 1.81 bits per heavy atom. The molecule has 0 saturated carbocycles. The fraction of sp³-hybridized carbons (Fsp3) is 0.577. The first-order valence-corrected chi connectivity index (χ1v) is 11.8. The second-order valence-corrected chi connectivity index (χ2v) is 9.40. The van der Waals surface area contributed by atoms with Crippen molar-refractivity contribution >= 4 is 23.6 Å². The number of hydrogen-bond acceptors (Lipinski definition) is 9. The van der Waals surface area contributed by atoms with Gasteiger partial charge < -0.3 is 9.36 Å². The van der Waals surface area contributed by atoms with Gasteiger partial charge in [-0.1, -0.05) is 69.4 Å². The normalized spacial score (nSPS) is 15.4. The Bertz CT molecular complexity index is 1010. The summed E-state index contributed by atoms with van der Waals surface area (Å²) in [7, 11) is 0. The van der Waals surface area contributed by atoms with E-state index in [0.29, 0.717) is 29.4 Å². The Balaban J connectivity index is 0.000000450. The zero-order valence-corrected chi connectivity index (χ0v) is 22.3. The summed E-state index contributed by atoms with van der Waals surface area (Å²) in [4.78, 5) is 27.2. The van der Waals surface area contributed by atoms with Gasteiger partial charge in [-0.3, -0.25) is 15.2 Å². The van der Waals surface area contributed by atoms with Gasteiger partial charge in [-0.05, 0) is 18.4 Å². The third kappa shape index (κ3) is 12.3. The van der Waals surface area contributed by atoms with E-state index in [1.54, 1.807) is 6.34 Å². The number of rotatable bonds is 4. The number of allylic oxidation sites excluding steroid dienone is 1. The third-order valence-corrected chi connectivity index (χ3v) is 4.82. The van der Waals surface area contributed by atoms with Gasteiger partial charge in [0, 0.05) is 41.4 Å². The summed E-state index contributed by atoms with van der Waals surface area (Å²) in [5.41, 5.74) is 8.75. The molecule has 4 rings (SSSR count). The van der Waals surface area contributed by atoms with Gasteiger partial charge in [-0.25, -0.2) is 10.5 Å². The van der Waals surface area contributed by atoms with E-state index >= 15 is 0 Å². The minimum absolute atomic E-state index is 0. The molecule has 3 aliphatic rings. The highest BCUT2D eigenvalue weighted by molar-refractivity contribution is 5.97. The monoisotopic (exact) mass is 503 g/mol. The van der Waals surface area contributed by atoms with Gasteiger partial charge in [-0.2, -0.15) is 15.3 Å². The van der Waals surface area contributed by atoms with Crippen LogP contribution in [0.1, 0.15) is 80.9 Å². The van der Waals surface area contributed by atoms with Crippen molar-refractivity contribution < 1.29 is 9.36 Å². The van der Waals surface area contributed by atoms with Gasteiger partial charge in [0.25, 0.3) is 5.56 Å². The third-order valence-electron chi connectivity index (χ3n) is 4.82. The highest BCUT2D eigenvalue weighted by Crippen LogP contribution is 2.11. The molecule has 4 heterocycles. The van der Waals surface area contributed by atoms with Crippen LogP contribution in [0.4, 0.5) is 0 Å². The number of hydrazone groups is 1. The first-order chi connectivity index (χ1) is 16.4. The Hall–Kier alpha value is -3.43. The number of hydrogen-bond donors (Lipinski definition) is 3. The lowest BCUT2D eigenvalue weighted by molar-refractivity contribution is 0.176. The predicted octanol–water partition coefficient (Wildman–Crippen LogP) is 5.41. The summed E-state index contributed by atoms with van der Waals surface area (Å²) in [6.45, 7) is 24.6. The molecule has 10 heteroatoms. The van der Waals surface area contributed by atoms with Crippen LogP contribution in [0.5, 0.6) is 0 Å². The summed E-state index contributed by atoms with van der Waals surface area (Å²) >= 11 is 0. The molecule has 1 aromatic heterocycles. The van der Waals surface area contributed by atoms with Crippen LogP contribution in [0.3, 0.4) is 0 Å². The number of nitrogens with zero attached hydrogens (tertiary/aromatic N) is 4. The topological polar surface area (TPSA) is 129 Å². The highest BCUT2D eigenvalue weighted by Gasteiger charge is 2.13. The molecule has 10 nitrogen and oxygen atoms in total. The van der Waals surface area contributed by atoms with Gasteiger partial charge in [0.1, 0.15) is 17.9 Å². The quantitative estimate of drug-likeness (QED) is 0.506. The molecule has 0 unspecified atom stereocenters. The van der Waals surface area contributed by atoms with Gasteiger partial charge in [-0.15, -0.1) is 0 Å². The summed E-state index contributed by atoms with van der Waals surface area (Å²) in [6.07, 6.45) is 2.56. The van der Waals surface area contributed by atoms with E-state index < -0.39 is 0 Å². The van der Waals surface area contributed by atoms with Crippen LogP contribution in [-0.4, -0.2) is 35.3 Å². The molecule has 3 aliphatic heterocycles. The van der Waals surface area contributed by atoms with Gasteiger partial charge in [0.2, 0.25) is 5.88 Å². The summed E-state index contributed by atoms with van der Waals surface area (Å²) in [5.74, 6) is 3.78. The minimum Gasteiger partial charge on any atom is -0.383 e. The van der Waals surface area contributed by atoms with E-state index in [1.165, 1.54) is 17.5 Å². The molecule has 36 heavy (non-hydrogen) atoms. The maximum absolute atomic E-state index is 10.4. The smallest absolute Gasteiger partial charge is 0.280 e. The van der Waals surface area contributed by atoms with Crippen molar-refractivity contribution in [1.29, 1.82) is 0 Å². The van der Waals surface area contributed by atoms with E-state index in [-0.39, 0.29) is 18.9 Å². The lowest BCUT2D eigenvalue weighted by Gasteiger charge is -2.00. The zero-order valence-electron chi connectivity index (χ0n) is 22.3. The highest BCUT2D eigenvalue weighted by atomic mass is 16.7. The van der Waals surface area contributed by atoms with Crippen molar-refractivity contribution in [2.24, 2.45) is 37.8 Å².